The number of rotatable bonds is 5. The number of hydrogen-bond acceptors (Lipinski definition) is 3. The largest absolute Gasteiger partial charge is 0.481 e. The predicted molar refractivity (Wildman–Crippen MR) is 104 cm³/mol. The number of carboxylic acid groups (broad SMARTS) is 1. The SMILES string of the molecule is O=C(O)[C@H]1[C@H](C(=O)Nc2nn(Cc3ccc(Cl)cc3)cc2Br)[C@H]2C=C[C@H]1C2. The lowest BCUT2D eigenvalue weighted by Crippen LogP contribution is -2.36. The van der Waals surface area contributed by atoms with E-state index in [2.05, 4.69) is 26.3 Å². The maximum absolute atomic E-state index is 12.8. The van der Waals surface area contributed by atoms with Crippen molar-refractivity contribution >= 4 is 45.2 Å². The molecule has 4 rings (SSSR count). The van der Waals surface area contributed by atoms with Crippen LogP contribution in [0, 0.1) is 23.7 Å². The van der Waals surface area contributed by atoms with Crippen molar-refractivity contribution in [2.45, 2.75) is 13.0 Å². The molecule has 6 nitrogen and oxygen atoms in total. The van der Waals surface area contributed by atoms with Crippen LogP contribution in [0.2, 0.25) is 5.02 Å². The number of allylic oxidation sites excluding steroid dienone is 2. The molecule has 1 fully saturated rings. The summed E-state index contributed by atoms with van der Waals surface area (Å²) in [5.41, 5.74) is 1.02. The van der Waals surface area contributed by atoms with Gasteiger partial charge in [0, 0.05) is 11.2 Å². The highest BCUT2D eigenvalue weighted by atomic mass is 79.9. The Morgan fingerprint density at radius 2 is 1.89 bits per heavy atom. The van der Waals surface area contributed by atoms with Crippen molar-refractivity contribution in [2.24, 2.45) is 23.7 Å². The molecule has 2 aliphatic carbocycles. The number of anilines is 1. The van der Waals surface area contributed by atoms with Crippen LogP contribution in [0.25, 0.3) is 0 Å². The summed E-state index contributed by atoms with van der Waals surface area (Å²) in [5.74, 6) is -2.14. The summed E-state index contributed by atoms with van der Waals surface area (Å²) in [7, 11) is 0. The molecule has 2 aliphatic rings. The number of carbonyl (C=O) groups is 2. The van der Waals surface area contributed by atoms with Gasteiger partial charge in [-0.3, -0.25) is 14.3 Å². The Balaban J connectivity index is 1.49. The van der Waals surface area contributed by atoms with Crippen molar-refractivity contribution in [2.75, 3.05) is 5.32 Å². The first-order valence-electron chi connectivity index (χ1n) is 8.62. The quantitative estimate of drug-likeness (QED) is 0.679. The van der Waals surface area contributed by atoms with Gasteiger partial charge in [-0.05, 0) is 51.9 Å². The molecule has 1 aromatic carbocycles. The molecule has 27 heavy (non-hydrogen) atoms. The molecule has 0 unspecified atom stereocenters. The molecule has 0 radical (unpaired) electrons. The van der Waals surface area contributed by atoms with Crippen LogP contribution in [0.5, 0.6) is 0 Å². The minimum atomic E-state index is -0.917. The molecule has 1 aromatic heterocycles. The molecule has 2 bridgehead atoms. The zero-order valence-electron chi connectivity index (χ0n) is 14.2. The molecule has 2 N–H and O–H groups in total. The van der Waals surface area contributed by atoms with Crippen LogP contribution < -0.4 is 5.32 Å². The molecule has 0 saturated heterocycles. The van der Waals surface area contributed by atoms with Crippen LogP contribution in [0.1, 0.15) is 12.0 Å². The number of aliphatic carboxylic acids is 1. The van der Waals surface area contributed by atoms with Gasteiger partial charge in [0.25, 0.3) is 0 Å². The number of carbonyl (C=O) groups excluding carboxylic acids is 1. The molecule has 140 valence electrons. The zero-order valence-corrected chi connectivity index (χ0v) is 16.5. The van der Waals surface area contributed by atoms with E-state index in [4.69, 9.17) is 11.6 Å². The van der Waals surface area contributed by atoms with E-state index in [0.717, 1.165) is 12.0 Å². The normalized spacial score (nSPS) is 25.7. The third-order valence-corrected chi connectivity index (χ3v) is 6.10. The molecule has 4 atom stereocenters. The molecular weight excluding hydrogens is 434 g/mol. The molecule has 2 aromatic rings. The lowest BCUT2D eigenvalue weighted by molar-refractivity contribution is -0.146. The smallest absolute Gasteiger partial charge is 0.307 e. The van der Waals surface area contributed by atoms with Crippen molar-refractivity contribution in [1.82, 2.24) is 9.78 Å². The van der Waals surface area contributed by atoms with Gasteiger partial charge in [-0.25, -0.2) is 0 Å². The van der Waals surface area contributed by atoms with Crippen molar-refractivity contribution in [3.8, 4) is 0 Å². The van der Waals surface area contributed by atoms with Crippen molar-refractivity contribution in [3.63, 3.8) is 0 Å². The second kappa shape index (κ2) is 7.13. The number of halogens is 2. The Hall–Kier alpha value is -2.12. The van der Waals surface area contributed by atoms with Crippen LogP contribution in [0.4, 0.5) is 5.82 Å². The average molecular weight is 451 g/mol. The second-order valence-corrected chi connectivity index (χ2v) is 8.27. The fourth-order valence-corrected chi connectivity index (χ4v) is 4.60. The summed E-state index contributed by atoms with van der Waals surface area (Å²) >= 11 is 9.32. The molecular formula is C19H17BrClN3O3. The minimum absolute atomic E-state index is 0.0222. The fourth-order valence-electron chi connectivity index (χ4n) is 4.06. The summed E-state index contributed by atoms with van der Waals surface area (Å²) in [4.78, 5) is 24.4. The lowest BCUT2D eigenvalue weighted by Gasteiger charge is -2.23. The topological polar surface area (TPSA) is 84.2 Å². The van der Waals surface area contributed by atoms with E-state index in [1.165, 1.54) is 0 Å². The number of benzene rings is 1. The third-order valence-electron chi connectivity index (χ3n) is 5.26. The maximum Gasteiger partial charge on any atom is 0.307 e. The third kappa shape index (κ3) is 3.53. The molecule has 8 heteroatoms. The van der Waals surface area contributed by atoms with Gasteiger partial charge in [0.15, 0.2) is 5.82 Å². The van der Waals surface area contributed by atoms with Gasteiger partial charge < -0.3 is 10.4 Å². The van der Waals surface area contributed by atoms with Crippen LogP contribution in [0.15, 0.2) is 47.1 Å². The minimum Gasteiger partial charge on any atom is -0.481 e. The standard InChI is InChI=1S/C19H17BrClN3O3/c20-14-9-24(8-10-1-5-13(21)6-2-10)23-17(14)22-18(25)15-11-3-4-12(7-11)16(15)19(26)27/h1-6,9,11-12,15-16H,7-8H2,(H,26,27)(H,22,23,25)/t11-,12-,15+,16+/m0/s1. The highest BCUT2D eigenvalue weighted by Gasteiger charge is 2.51. The van der Waals surface area contributed by atoms with Gasteiger partial charge in [-0.2, -0.15) is 5.10 Å². The van der Waals surface area contributed by atoms with Crippen LogP contribution in [-0.2, 0) is 16.1 Å². The number of fused-ring (bicyclic) bond motifs is 2. The summed E-state index contributed by atoms with van der Waals surface area (Å²) < 4.78 is 2.36. The Kier molecular flexibility index (Phi) is 4.82. The fraction of sp³-hybridized carbons (Fsp3) is 0.316. The molecule has 1 heterocycles. The lowest BCUT2D eigenvalue weighted by atomic mass is 9.82. The Labute approximate surface area is 169 Å². The van der Waals surface area contributed by atoms with Crippen molar-refractivity contribution in [3.05, 3.63) is 57.7 Å². The Bertz CT molecular complexity index is 925. The van der Waals surface area contributed by atoms with Gasteiger partial charge in [0.05, 0.1) is 22.9 Å². The summed E-state index contributed by atoms with van der Waals surface area (Å²) in [6.45, 7) is 0.528. The summed E-state index contributed by atoms with van der Waals surface area (Å²) in [5, 5.41) is 17.4. The van der Waals surface area contributed by atoms with Gasteiger partial charge in [-0.1, -0.05) is 35.9 Å². The van der Waals surface area contributed by atoms with E-state index in [-0.39, 0.29) is 17.7 Å². The van der Waals surface area contributed by atoms with E-state index < -0.39 is 17.8 Å². The number of hydrogen-bond donors (Lipinski definition) is 2. The molecule has 1 saturated carbocycles. The number of aromatic nitrogens is 2. The molecule has 0 aliphatic heterocycles. The van der Waals surface area contributed by atoms with E-state index in [1.807, 2.05) is 36.4 Å². The first kappa shape index (κ1) is 18.3. The van der Waals surface area contributed by atoms with Gasteiger partial charge in [-0.15, -0.1) is 0 Å². The Morgan fingerprint density at radius 3 is 2.56 bits per heavy atom. The van der Waals surface area contributed by atoms with E-state index >= 15 is 0 Å². The highest BCUT2D eigenvalue weighted by molar-refractivity contribution is 9.10. The van der Waals surface area contributed by atoms with Crippen molar-refractivity contribution in [1.29, 1.82) is 0 Å². The highest BCUT2D eigenvalue weighted by Crippen LogP contribution is 2.48. The first-order chi connectivity index (χ1) is 12.9. The number of nitrogens with one attached hydrogen (secondary N) is 1. The van der Waals surface area contributed by atoms with Gasteiger partial charge >= 0.3 is 5.97 Å². The average Bonchev–Trinajstić information content (AvgIpc) is 3.32. The van der Waals surface area contributed by atoms with Crippen LogP contribution in [0.3, 0.4) is 0 Å². The maximum atomic E-state index is 12.8. The van der Waals surface area contributed by atoms with Gasteiger partial charge in [0.2, 0.25) is 5.91 Å². The number of nitrogens with zero attached hydrogens (tertiary/aromatic N) is 2. The number of amides is 1. The second-order valence-electron chi connectivity index (χ2n) is 6.98. The van der Waals surface area contributed by atoms with Crippen LogP contribution >= 0.6 is 27.5 Å². The van der Waals surface area contributed by atoms with E-state index in [1.54, 1.807) is 10.9 Å². The summed E-state index contributed by atoms with van der Waals surface area (Å²) in [6, 6.07) is 7.45. The van der Waals surface area contributed by atoms with Crippen LogP contribution in [-0.4, -0.2) is 26.8 Å². The Morgan fingerprint density at radius 1 is 1.22 bits per heavy atom. The monoisotopic (exact) mass is 449 g/mol. The van der Waals surface area contributed by atoms with E-state index in [0.29, 0.717) is 21.9 Å². The predicted octanol–water partition coefficient (Wildman–Crippen LogP) is 3.81. The number of carboxylic acids is 1. The molecule has 1 amide bonds. The van der Waals surface area contributed by atoms with Gasteiger partial charge in [0.1, 0.15) is 0 Å². The molecule has 0 spiro atoms. The summed E-state index contributed by atoms with van der Waals surface area (Å²) in [6.07, 6.45) is 6.38. The first-order valence-corrected chi connectivity index (χ1v) is 9.79. The van der Waals surface area contributed by atoms with E-state index in [9.17, 15) is 14.7 Å². The van der Waals surface area contributed by atoms with Crippen molar-refractivity contribution < 1.29 is 14.7 Å². The zero-order chi connectivity index (χ0) is 19.1.